The molecule has 12 heteroatoms. The normalized spacial score (nSPS) is 26.6. The molecule has 36 heavy (non-hydrogen) atoms. The lowest BCUT2D eigenvalue weighted by Crippen LogP contribution is -2.65. The number of hydrogen-bond donors (Lipinski definition) is 4. The maximum absolute atomic E-state index is 11.8. The number of amides is 2. The Hall–Kier alpha value is -2.60. The van der Waals surface area contributed by atoms with Crippen LogP contribution in [0.1, 0.15) is 54.4 Å². The van der Waals surface area contributed by atoms with E-state index in [2.05, 4.69) is 10.6 Å². The molecule has 4 saturated heterocycles. The van der Waals surface area contributed by atoms with Gasteiger partial charge < -0.3 is 40.1 Å². The van der Waals surface area contributed by atoms with Crippen molar-refractivity contribution in [2.24, 2.45) is 11.8 Å². The number of carboxylic acid groups (broad SMARTS) is 2. The van der Waals surface area contributed by atoms with E-state index in [0.717, 1.165) is 39.3 Å². The minimum Gasteiger partial charge on any atom is -0.473 e. The number of nitrogens with zero attached hydrogens (tertiary/aromatic N) is 2. The van der Waals surface area contributed by atoms with Gasteiger partial charge in [0, 0.05) is 26.2 Å². The summed E-state index contributed by atoms with van der Waals surface area (Å²) in [5.41, 5.74) is -0.769. The van der Waals surface area contributed by atoms with Gasteiger partial charge in [0.15, 0.2) is 0 Å². The van der Waals surface area contributed by atoms with Crippen LogP contribution in [0.3, 0.4) is 0 Å². The van der Waals surface area contributed by atoms with Gasteiger partial charge in [-0.25, -0.2) is 19.2 Å². The molecule has 4 atom stereocenters. The Labute approximate surface area is 212 Å². The van der Waals surface area contributed by atoms with E-state index < -0.39 is 11.9 Å². The van der Waals surface area contributed by atoms with Gasteiger partial charge in [-0.1, -0.05) is 0 Å². The summed E-state index contributed by atoms with van der Waals surface area (Å²) in [5.74, 6) is -2.26. The van der Waals surface area contributed by atoms with E-state index in [9.17, 15) is 9.59 Å². The first-order chi connectivity index (χ1) is 16.6. The molecule has 0 aromatic rings. The highest BCUT2D eigenvalue weighted by molar-refractivity contribution is 6.27. The van der Waals surface area contributed by atoms with E-state index in [1.807, 2.05) is 51.3 Å². The molecule has 0 bridgehead atoms. The Morgan fingerprint density at radius 1 is 0.694 bits per heavy atom. The smallest absolute Gasteiger partial charge is 0.414 e. The van der Waals surface area contributed by atoms with Crippen LogP contribution in [0.2, 0.25) is 0 Å². The second-order valence-electron chi connectivity index (χ2n) is 11.5. The largest absolute Gasteiger partial charge is 0.473 e. The predicted octanol–water partition coefficient (Wildman–Crippen LogP) is 1.59. The summed E-state index contributed by atoms with van der Waals surface area (Å²) >= 11 is 0. The lowest BCUT2D eigenvalue weighted by Gasteiger charge is -2.50. The third-order valence-corrected chi connectivity index (χ3v) is 6.28. The zero-order chi connectivity index (χ0) is 27.3. The highest BCUT2D eigenvalue weighted by Crippen LogP contribution is 2.31. The van der Waals surface area contributed by atoms with Crippen molar-refractivity contribution in [2.75, 3.05) is 39.3 Å². The van der Waals surface area contributed by atoms with Crippen LogP contribution in [0.5, 0.6) is 0 Å². The number of rotatable bonds is 0. The molecule has 0 aromatic carbocycles. The number of carbonyl (C=O) groups is 4. The van der Waals surface area contributed by atoms with E-state index in [4.69, 9.17) is 29.3 Å². The van der Waals surface area contributed by atoms with Crippen molar-refractivity contribution < 1.29 is 38.9 Å². The minimum atomic E-state index is -1.82. The number of nitrogens with one attached hydrogen (secondary N) is 2. The Balaban J connectivity index is 0.000000208. The second kappa shape index (κ2) is 12.1. The van der Waals surface area contributed by atoms with Crippen LogP contribution in [0.4, 0.5) is 9.59 Å². The van der Waals surface area contributed by atoms with Crippen molar-refractivity contribution in [3.8, 4) is 0 Å². The number of aliphatic carboxylic acids is 2. The zero-order valence-corrected chi connectivity index (χ0v) is 22.2. The number of carboxylic acids is 2. The molecule has 0 aliphatic carbocycles. The zero-order valence-electron chi connectivity index (χ0n) is 22.2. The number of likely N-dealkylation sites (tertiary alicyclic amines) is 2. The summed E-state index contributed by atoms with van der Waals surface area (Å²) in [7, 11) is 0. The molecule has 0 radical (unpaired) electrons. The molecular formula is C24H42N4O8. The number of ether oxygens (including phenoxy) is 2. The molecule has 0 spiro atoms. The van der Waals surface area contributed by atoms with Crippen molar-refractivity contribution in [1.82, 2.24) is 20.4 Å². The van der Waals surface area contributed by atoms with Crippen molar-refractivity contribution in [1.29, 1.82) is 0 Å². The monoisotopic (exact) mass is 514 g/mol. The molecule has 12 nitrogen and oxygen atoms in total. The summed E-state index contributed by atoms with van der Waals surface area (Å²) in [6, 6.07) is 0.738. The van der Waals surface area contributed by atoms with Crippen LogP contribution >= 0.6 is 0 Å². The first-order valence-corrected chi connectivity index (χ1v) is 12.5. The van der Waals surface area contributed by atoms with Gasteiger partial charge in [-0.15, -0.1) is 0 Å². The summed E-state index contributed by atoms with van der Waals surface area (Å²) in [4.78, 5) is 45.4. The van der Waals surface area contributed by atoms with Gasteiger partial charge >= 0.3 is 24.1 Å². The van der Waals surface area contributed by atoms with Gasteiger partial charge in [0.1, 0.15) is 11.2 Å². The van der Waals surface area contributed by atoms with E-state index in [0.29, 0.717) is 23.9 Å². The molecule has 4 aliphatic heterocycles. The molecule has 4 heterocycles. The number of piperidine rings is 2. The van der Waals surface area contributed by atoms with E-state index >= 15 is 0 Å². The maximum atomic E-state index is 11.8. The molecule has 0 unspecified atom stereocenters. The Kier molecular flexibility index (Phi) is 9.95. The van der Waals surface area contributed by atoms with Gasteiger partial charge in [-0.3, -0.25) is 0 Å². The number of hydrogen-bond acceptors (Lipinski definition) is 8. The Morgan fingerprint density at radius 3 is 1.28 bits per heavy atom. The van der Waals surface area contributed by atoms with Crippen LogP contribution in [0, 0.1) is 11.8 Å². The summed E-state index contributed by atoms with van der Waals surface area (Å²) in [5, 5.41) is 21.4. The molecule has 4 aliphatic rings. The Bertz CT molecular complexity index is 741. The van der Waals surface area contributed by atoms with Crippen molar-refractivity contribution in [3.05, 3.63) is 0 Å². The van der Waals surface area contributed by atoms with Crippen molar-refractivity contribution in [3.63, 3.8) is 0 Å². The second-order valence-corrected chi connectivity index (χ2v) is 11.5. The standard InChI is InChI=1S/2C11H20N2O2.C2H2O4/c2*1-11(2,3)15-10(14)13-7-8-4-5-12-6-9(8)13;3-1(4)2(5)6/h2*8-9,12H,4-7H2,1-3H3;(H,3,4)(H,5,6)/t2*8-,9-;/m11./s1. The van der Waals surface area contributed by atoms with E-state index in [-0.39, 0.29) is 23.4 Å². The van der Waals surface area contributed by atoms with Crippen molar-refractivity contribution >= 4 is 24.1 Å². The topological polar surface area (TPSA) is 158 Å². The number of fused-ring (bicyclic) bond motifs is 2. The Morgan fingerprint density at radius 2 is 1.03 bits per heavy atom. The van der Waals surface area contributed by atoms with Gasteiger partial charge in [0.2, 0.25) is 0 Å². The molecule has 0 saturated carbocycles. The average Bonchev–Trinajstić information content (AvgIpc) is 2.68. The first kappa shape index (κ1) is 29.6. The van der Waals surface area contributed by atoms with Crippen LogP contribution in [0.25, 0.3) is 0 Å². The third kappa shape index (κ3) is 8.81. The van der Waals surface area contributed by atoms with Crippen LogP contribution in [-0.4, -0.2) is 107 Å². The lowest BCUT2D eigenvalue weighted by molar-refractivity contribution is -0.159. The van der Waals surface area contributed by atoms with Gasteiger partial charge in [-0.2, -0.15) is 0 Å². The molecular weight excluding hydrogens is 472 g/mol. The van der Waals surface area contributed by atoms with Gasteiger partial charge in [0.05, 0.1) is 12.1 Å². The third-order valence-electron chi connectivity index (χ3n) is 6.28. The molecule has 0 aromatic heterocycles. The molecule has 4 fully saturated rings. The number of carbonyl (C=O) groups excluding carboxylic acids is 2. The highest BCUT2D eigenvalue weighted by atomic mass is 16.6. The molecule has 206 valence electrons. The van der Waals surface area contributed by atoms with E-state index in [1.165, 1.54) is 12.8 Å². The van der Waals surface area contributed by atoms with Crippen LogP contribution in [0.15, 0.2) is 0 Å². The minimum absolute atomic E-state index is 0.160. The fourth-order valence-corrected chi connectivity index (χ4v) is 4.51. The quantitative estimate of drug-likeness (QED) is 0.350. The van der Waals surface area contributed by atoms with Gasteiger partial charge in [-0.05, 0) is 79.3 Å². The summed E-state index contributed by atoms with van der Waals surface area (Å²) < 4.78 is 10.7. The molecule has 4 rings (SSSR count). The fraction of sp³-hybridized carbons (Fsp3) is 0.833. The van der Waals surface area contributed by atoms with Gasteiger partial charge in [0.25, 0.3) is 0 Å². The average molecular weight is 515 g/mol. The summed E-state index contributed by atoms with van der Waals surface area (Å²) in [6.07, 6.45) is 2.05. The SMILES string of the molecule is CC(C)(C)OC(=O)N1C[C@H]2CCNC[C@H]21.CC(C)(C)OC(=O)N1C[C@H]2CCNC[C@H]21.O=C(O)C(=O)O. The predicted molar refractivity (Wildman–Crippen MR) is 131 cm³/mol. The summed E-state index contributed by atoms with van der Waals surface area (Å²) in [6.45, 7) is 17.2. The maximum Gasteiger partial charge on any atom is 0.414 e. The lowest BCUT2D eigenvalue weighted by atomic mass is 9.83. The molecule has 2 amide bonds. The fourth-order valence-electron chi connectivity index (χ4n) is 4.51. The van der Waals surface area contributed by atoms with E-state index in [1.54, 1.807) is 0 Å². The van der Waals surface area contributed by atoms with Crippen LogP contribution < -0.4 is 10.6 Å². The van der Waals surface area contributed by atoms with Crippen molar-refractivity contribution in [2.45, 2.75) is 77.7 Å². The highest BCUT2D eigenvalue weighted by Gasteiger charge is 2.45. The first-order valence-electron chi connectivity index (χ1n) is 12.5. The molecule has 4 N–H and O–H groups in total. The van der Waals surface area contributed by atoms with Crippen LogP contribution in [-0.2, 0) is 19.1 Å².